The molecule has 0 N–H and O–H groups in total. The van der Waals surface area contributed by atoms with Crippen molar-refractivity contribution in [1.82, 2.24) is 0 Å². The van der Waals surface area contributed by atoms with Crippen LogP contribution in [-0.2, 0) is 21.7 Å². The fourth-order valence-corrected chi connectivity index (χ4v) is 9.74. The van der Waals surface area contributed by atoms with E-state index in [1.165, 1.54) is 99.4 Å². The number of hydrogen-bond acceptors (Lipinski definition) is 0. The lowest BCUT2D eigenvalue weighted by molar-refractivity contribution is 0.604. The molecule has 0 spiro atoms. The first-order valence-electron chi connectivity index (χ1n) is 15.1. The van der Waals surface area contributed by atoms with Crippen molar-refractivity contribution in [3.8, 4) is 22.3 Å². The molecule has 0 heteroatoms. The van der Waals surface area contributed by atoms with Crippen molar-refractivity contribution in [2.75, 3.05) is 0 Å². The zero-order valence-electron chi connectivity index (χ0n) is 25.6. The molecule has 40 heavy (non-hydrogen) atoms. The van der Waals surface area contributed by atoms with Gasteiger partial charge in [-0.1, -0.05) is 115 Å². The van der Waals surface area contributed by atoms with Crippen molar-refractivity contribution < 1.29 is 0 Å². The summed E-state index contributed by atoms with van der Waals surface area (Å²) >= 11 is 0. The summed E-state index contributed by atoms with van der Waals surface area (Å²) in [7, 11) is 0. The summed E-state index contributed by atoms with van der Waals surface area (Å²) in [6, 6.07) is 20.0. The predicted molar refractivity (Wildman–Crippen MR) is 170 cm³/mol. The lowest BCUT2D eigenvalue weighted by Gasteiger charge is -2.49. The second-order valence-electron chi connectivity index (χ2n) is 15.5. The lowest BCUT2D eigenvalue weighted by atomic mass is 9.54. The molecule has 198 valence electrons. The molecule has 0 aromatic heterocycles. The average molecular weight is 519 g/mol. The first-order chi connectivity index (χ1) is 18.7. The number of benzene rings is 5. The molecule has 9 rings (SSSR count). The molecule has 0 fully saturated rings. The van der Waals surface area contributed by atoms with Gasteiger partial charge in [0.15, 0.2) is 0 Å². The zero-order valence-corrected chi connectivity index (χ0v) is 25.6. The van der Waals surface area contributed by atoms with E-state index in [1.54, 1.807) is 0 Å². The van der Waals surface area contributed by atoms with E-state index in [-0.39, 0.29) is 21.7 Å². The van der Waals surface area contributed by atoms with Crippen LogP contribution in [0.2, 0.25) is 0 Å². The summed E-state index contributed by atoms with van der Waals surface area (Å²) in [5, 5.41) is 6.12. The number of aryl methyl sites for hydroxylation is 2. The van der Waals surface area contributed by atoms with Crippen molar-refractivity contribution in [2.45, 2.75) is 90.9 Å². The highest BCUT2D eigenvalue weighted by Gasteiger charge is 2.49. The van der Waals surface area contributed by atoms with Gasteiger partial charge >= 0.3 is 0 Å². The average Bonchev–Trinajstić information content (AvgIpc) is 2.87. The molecule has 5 aromatic rings. The van der Waals surface area contributed by atoms with Gasteiger partial charge < -0.3 is 0 Å². The summed E-state index contributed by atoms with van der Waals surface area (Å²) in [4.78, 5) is 0. The van der Waals surface area contributed by atoms with Crippen LogP contribution < -0.4 is 0 Å². The van der Waals surface area contributed by atoms with Gasteiger partial charge in [-0.05, 0) is 102 Å². The van der Waals surface area contributed by atoms with Crippen LogP contribution in [0, 0.1) is 13.8 Å². The molecule has 0 saturated carbocycles. The van der Waals surface area contributed by atoms with E-state index in [1.807, 2.05) is 0 Å². The van der Waals surface area contributed by atoms with Crippen LogP contribution in [0.25, 0.3) is 43.8 Å². The molecule has 0 nitrogen and oxygen atoms in total. The summed E-state index contributed by atoms with van der Waals surface area (Å²) < 4.78 is 0. The van der Waals surface area contributed by atoms with Crippen molar-refractivity contribution in [2.24, 2.45) is 0 Å². The molecule has 4 aliphatic rings. The Labute approximate surface area is 238 Å². The van der Waals surface area contributed by atoms with Gasteiger partial charge in [0.25, 0.3) is 0 Å². The molecule has 0 bridgehead atoms. The largest absolute Gasteiger partial charge is 0.0572 e. The van der Waals surface area contributed by atoms with Crippen LogP contribution in [0.1, 0.15) is 111 Å². The van der Waals surface area contributed by atoms with Gasteiger partial charge in [0.05, 0.1) is 0 Å². The molecule has 0 unspecified atom stereocenters. The van der Waals surface area contributed by atoms with Crippen LogP contribution in [-0.4, -0.2) is 0 Å². The van der Waals surface area contributed by atoms with Gasteiger partial charge in [0, 0.05) is 21.7 Å². The highest BCUT2D eigenvalue weighted by atomic mass is 14.5. The van der Waals surface area contributed by atoms with Crippen LogP contribution >= 0.6 is 0 Å². The third-order valence-electron chi connectivity index (χ3n) is 11.9. The van der Waals surface area contributed by atoms with E-state index in [0.717, 1.165) is 0 Å². The Morgan fingerprint density at radius 3 is 0.775 bits per heavy atom. The van der Waals surface area contributed by atoms with Crippen molar-refractivity contribution >= 4 is 21.5 Å². The molecule has 5 aromatic carbocycles. The quantitative estimate of drug-likeness (QED) is 0.179. The molecular formula is C40H38. The zero-order chi connectivity index (χ0) is 28.0. The second-order valence-corrected chi connectivity index (χ2v) is 15.5. The first-order valence-corrected chi connectivity index (χ1v) is 15.1. The Morgan fingerprint density at radius 1 is 0.325 bits per heavy atom. The van der Waals surface area contributed by atoms with Gasteiger partial charge in [-0.2, -0.15) is 0 Å². The van der Waals surface area contributed by atoms with Crippen molar-refractivity contribution in [3.63, 3.8) is 0 Å². The molecule has 0 saturated heterocycles. The first kappa shape index (κ1) is 23.3. The Hall–Kier alpha value is -3.38. The predicted octanol–water partition coefficient (Wildman–Crippen LogP) is 10.5. The Morgan fingerprint density at radius 2 is 0.550 bits per heavy atom. The normalized spacial score (nSPS) is 20.1. The van der Waals surface area contributed by atoms with E-state index >= 15 is 0 Å². The van der Waals surface area contributed by atoms with Gasteiger partial charge in [-0.15, -0.1) is 0 Å². The van der Waals surface area contributed by atoms with E-state index in [2.05, 4.69) is 118 Å². The minimum absolute atomic E-state index is 0.0678. The topological polar surface area (TPSA) is 0 Å². The monoisotopic (exact) mass is 518 g/mol. The SMILES string of the molecule is Cc1cc2c3c(c1)C(C)(C)c1ccc4c5c6c7c(ccc(c7c-3c15)C2(C)C)C(C)(C)c1cc(C)cc(c1-6)C4(C)C. The Kier molecular flexibility index (Phi) is 3.65. The van der Waals surface area contributed by atoms with Gasteiger partial charge in [-0.25, -0.2) is 0 Å². The van der Waals surface area contributed by atoms with Crippen molar-refractivity contribution in [1.29, 1.82) is 0 Å². The molecule has 0 amide bonds. The molecule has 0 radical (unpaired) electrons. The third-order valence-corrected chi connectivity index (χ3v) is 11.9. The summed E-state index contributed by atoms with van der Waals surface area (Å²) in [5.41, 5.74) is 20.6. The Balaban J connectivity index is 1.70. The van der Waals surface area contributed by atoms with E-state index < -0.39 is 0 Å². The van der Waals surface area contributed by atoms with Crippen LogP contribution in [0.4, 0.5) is 0 Å². The molecule has 0 heterocycles. The van der Waals surface area contributed by atoms with E-state index in [9.17, 15) is 0 Å². The number of rotatable bonds is 0. The summed E-state index contributed by atoms with van der Waals surface area (Å²) in [5.74, 6) is 0. The molecule has 4 aliphatic carbocycles. The number of hydrogen-bond donors (Lipinski definition) is 0. The fourth-order valence-electron chi connectivity index (χ4n) is 9.74. The third kappa shape index (κ3) is 2.16. The fraction of sp³-hybridized carbons (Fsp3) is 0.350. The van der Waals surface area contributed by atoms with Gasteiger partial charge in [0.2, 0.25) is 0 Å². The van der Waals surface area contributed by atoms with Crippen LogP contribution in [0.15, 0.2) is 48.5 Å². The summed E-state index contributed by atoms with van der Waals surface area (Å²) in [6.45, 7) is 24.3. The minimum Gasteiger partial charge on any atom is -0.0572 e. The maximum atomic E-state index is 2.50. The maximum Gasteiger partial charge on any atom is 0.0159 e. The second kappa shape index (κ2) is 6.25. The minimum atomic E-state index is -0.0678. The van der Waals surface area contributed by atoms with Crippen LogP contribution in [0.5, 0.6) is 0 Å². The van der Waals surface area contributed by atoms with Crippen LogP contribution in [0.3, 0.4) is 0 Å². The molecular weight excluding hydrogens is 480 g/mol. The smallest absolute Gasteiger partial charge is 0.0159 e. The van der Waals surface area contributed by atoms with Gasteiger partial charge in [0.1, 0.15) is 0 Å². The standard InChI is InChI=1S/C40H38/c1-19-15-25-29-26(16-19)38(5,6)22-12-14-24-34-32(22)35(29)31-21(37(25,3)4)11-13-23-33(31)36(34)30-27(39(23,7)8)17-20(2)18-28(30)40(24,9)10/h11-18H,1-10H3. The maximum absolute atomic E-state index is 2.50. The Bertz CT molecular complexity index is 1810. The lowest BCUT2D eigenvalue weighted by Crippen LogP contribution is -2.35. The molecule has 0 atom stereocenters. The van der Waals surface area contributed by atoms with E-state index in [4.69, 9.17) is 0 Å². The van der Waals surface area contributed by atoms with Crippen molar-refractivity contribution in [3.05, 3.63) is 104 Å². The highest BCUT2D eigenvalue weighted by Crippen LogP contribution is 2.66. The summed E-state index contributed by atoms with van der Waals surface area (Å²) in [6.07, 6.45) is 0. The molecule has 0 aliphatic heterocycles. The van der Waals surface area contributed by atoms with E-state index in [0.29, 0.717) is 0 Å². The van der Waals surface area contributed by atoms with Gasteiger partial charge in [-0.3, -0.25) is 0 Å². The highest BCUT2D eigenvalue weighted by molar-refractivity contribution is 6.29.